The normalized spacial score (nSPS) is 11.5. The zero-order valence-corrected chi connectivity index (χ0v) is 18.5. The molecule has 164 valence electrons. The quantitative estimate of drug-likeness (QED) is 0.538. The van der Waals surface area contributed by atoms with E-state index in [0.29, 0.717) is 52.0 Å². The van der Waals surface area contributed by atoms with Gasteiger partial charge in [0.25, 0.3) is 0 Å². The minimum atomic E-state index is -0.996. The van der Waals surface area contributed by atoms with Crippen molar-refractivity contribution in [1.29, 1.82) is 0 Å². The van der Waals surface area contributed by atoms with Gasteiger partial charge in [-0.2, -0.15) is 0 Å². The summed E-state index contributed by atoms with van der Waals surface area (Å²) >= 11 is 0. The van der Waals surface area contributed by atoms with Crippen LogP contribution >= 0.6 is 0 Å². The van der Waals surface area contributed by atoms with Gasteiger partial charge >= 0.3 is 0 Å². The van der Waals surface area contributed by atoms with Gasteiger partial charge in [0.2, 0.25) is 11.5 Å². The Morgan fingerprint density at radius 1 is 0.742 bits per heavy atom. The summed E-state index contributed by atoms with van der Waals surface area (Å²) in [7, 11) is 6.12. The summed E-state index contributed by atoms with van der Waals surface area (Å²) in [6.45, 7) is 2.28. The number of methoxy groups -OCH3 is 4. The average Bonchev–Trinajstić information content (AvgIpc) is 2.82. The van der Waals surface area contributed by atoms with E-state index in [0.717, 1.165) is 5.56 Å². The first-order valence-corrected chi connectivity index (χ1v) is 9.86. The zero-order valence-electron chi connectivity index (χ0n) is 18.5. The van der Waals surface area contributed by atoms with Crippen LogP contribution in [-0.4, -0.2) is 33.5 Å². The molecule has 0 saturated heterocycles. The highest BCUT2D eigenvalue weighted by molar-refractivity contribution is 5.68. The second-order valence-corrected chi connectivity index (χ2v) is 6.92. The summed E-state index contributed by atoms with van der Waals surface area (Å²) in [5.41, 5.74) is 2.95. The zero-order chi connectivity index (χ0) is 22.4. The summed E-state index contributed by atoms with van der Waals surface area (Å²) < 4.78 is 28.1. The van der Waals surface area contributed by atoms with Crippen LogP contribution in [0.25, 0.3) is 0 Å². The van der Waals surface area contributed by atoms with Crippen molar-refractivity contribution >= 4 is 0 Å². The molecular weight excluding hydrogens is 396 g/mol. The average molecular weight is 424 g/mol. The number of aliphatic hydroxyl groups is 1. The lowest BCUT2D eigenvalue weighted by Crippen LogP contribution is -2.09. The van der Waals surface area contributed by atoms with Crippen LogP contribution in [0, 0.1) is 6.92 Å². The molecule has 0 aliphatic rings. The molecule has 1 atom stereocenters. The number of hydrogen-bond acceptors (Lipinski definition) is 6. The first-order valence-electron chi connectivity index (χ1n) is 9.86. The lowest BCUT2D eigenvalue weighted by Gasteiger charge is -2.24. The standard InChI is InChI=1S/C25H28O6/c1-16-20(23(28-3)25(30-5)24(29-4)22(16)27-2)21(26)18-12-9-13-19(14-18)31-15-17-10-7-6-8-11-17/h6-14,21,26H,15H2,1-5H3. The molecule has 0 fully saturated rings. The van der Waals surface area contributed by atoms with E-state index in [9.17, 15) is 5.11 Å². The van der Waals surface area contributed by atoms with E-state index in [-0.39, 0.29) is 0 Å². The van der Waals surface area contributed by atoms with Crippen molar-refractivity contribution in [2.75, 3.05) is 28.4 Å². The Hall–Kier alpha value is -3.38. The first kappa shape index (κ1) is 22.3. The summed E-state index contributed by atoms with van der Waals surface area (Å²) in [4.78, 5) is 0. The van der Waals surface area contributed by atoms with Gasteiger partial charge in [0.1, 0.15) is 18.5 Å². The monoisotopic (exact) mass is 424 g/mol. The predicted octanol–water partition coefficient (Wildman–Crippen LogP) is 4.69. The van der Waals surface area contributed by atoms with Gasteiger partial charge in [0.05, 0.1) is 28.4 Å². The van der Waals surface area contributed by atoms with Crippen LogP contribution in [-0.2, 0) is 6.61 Å². The molecule has 1 unspecified atom stereocenters. The highest BCUT2D eigenvalue weighted by Crippen LogP contribution is 2.51. The Balaban J connectivity index is 2.00. The molecule has 0 aliphatic carbocycles. The minimum absolute atomic E-state index is 0.359. The molecule has 3 rings (SSSR count). The van der Waals surface area contributed by atoms with Crippen LogP contribution in [0.15, 0.2) is 54.6 Å². The van der Waals surface area contributed by atoms with Crippen LogP contribution in [0.1, 0.15) is 28.4 Å². The summed E-state index contributed by atoms with van der Waals surface area (Å²) in [5, 5.41) is 11.3. The molecule has 3 aromatic rings. The van der Waals surface area contributed by atoms with E-state index in [4.69, 9.17) is 23.7 Å². The Morgan fingerprint density at radius 2 is 1.35 bits per heavy atom. The SMILES string of the molecule is COc1c(C)c(C(O)c2cccc(OCc3ccccc3)c2)c(OC)c(OC)c1OC. The fourth-order valence-corrected chi connectivity index (χ4v) is 3.62. The number of ether oxygens (including phenoxy) is 5. The molecule has 3 aromatic carbocycles. The molecule has 0 spiro atoms. The fraction of sp³-hybridized carbons (Fsp3) is 0.280. The lowest BCUT2D eigenvalue weighted by molar-refractivity contribution is 0.209. The smallest absolute Gasteiger partial charge is 0.207 e. The van der Waals surface area contributed by atoms with Gasteiger partial charge in [-0.1, -0.05) is 42.5 Å². The van der Waals surface area contributed by atoms with Crippen molar-refractivity contribution in [2.45, 2.75) is 19.6 Å². The minimum Gasteiger partial charge on any atom is -0.492 e. The summed E-state index contributed by atoms with van der Waals surface area (Å²) in [5.74, 6) is 2.30. The highest BCUT2D eigenvalue weighted by Gasteiger charge is 2.29. The van der Waals surface area contributed by atoms with Crippen molar-refractivity contribution in [3.63, 3.8) is 0 Å². The molecule has 0 bridgehead atoms. The van der Waals surface area contributed by atoms with E-state index in [1.165, 1.54) is 21.3 Å². The van der Waals surface area contributed by atoms with Gasteiger partial charge < -0.3 is 28.8 Å². The molecular formula is C25H28O6. The van der Waals surface area contributed by atoms with Crippen LogP contribution in [0.3, 0.4) is 0 Å². The van der Waals surface area contributed by atoms with Gasteiger partial charge in [-0.25, -0.2) is 0 Å². The maximum absolute atomic E-state index is 11.3. The second kappa shape index (κ2) is 10.1. The second-order valence-electron chi connectivity index (χ2n) is 6.92. The molecule has 31 heavy (non-hydrogen) atoms. The third-order valence-electron chi connectivity index (χ3n) is 5.12. The number of benzene rings is 3. The predicted molar refractivity (Wildman–Crippen MR) is 119 cm³/mol. The highest BCUT2D eigenvalue weighted by atomic mass is 16.5. The number of aliphatic hydroxyl groups excluding tert-OH is 1. The Labute approximate surface area is 182 Å². The van der Waals surface area contributed by atoms with Crippen molar-refractivity contribution in [3.05, 3.63) is 76.9 Å². The first-order chi connectivity index (χ1) is 15.0. The maximum Gasteiger partial charge on any atom is 0.207 e. The molecule has 6 heteroatoms. The van der Waals surface area contributed by atoms with E-state index >= 15 is 0 Å². The molecule has 6 nitrogen and oxygen atoms in total. The Morgan fingerprint density at radius 3 is 1.97 bits per heavy atom. The Bertz CT molecular complexity index is 1020. The van der Waals surface area contributed by atoms with Gasteiger partial charge in [-0.3, -0.25) is 0 Å². The molecule has 0 saturated carbocycles. The molecule has 0 aliphatic heterocycles. The molecule has 0 radical (unpaired) electrons. The maximum atomic E-state index is 11.3. The van der Waals surface area contributed by atoms with Gasteiger partial charge in [-0.15, -0.1) is 0 Å². The van der Waals surface area contributed by atoms with Crippen molar-refractivity contribution in [1.82, 2.24) is 0 Å². The molecule has 0 heterocycles. The van der Waals surface area contributed by atoms with E-state index in [1.54, 1.807) is 7.11 Å². The van der Waals surface area contributed by atoms with E-state index < -0.39 is 6.10 Å². The fourth-order valence-electron chi connectivity index (χ4n) is 3.62. The van der Waals surface area contributed by atoms with Crippen molar-refractivity contribution in [3.8, 4) is 28.7 Å². The number of hydrogen-bond donors (Lipinski definition) is 1. The molecule has 1 N–H and O–H groups in total. The van der Waals surface area contributed by atoms with Crippen LogP contribution in [0.5, 0.6) is 28.7 Å². The van der Waals surface area contributed by atoms with Crippen LogP contribution < -0.4 is 23.7 Å². The van der Waals surface area contributed by atoms with Gasteiger partial charge in [0, 0.05) is 11.1 Å². The van der Waals surface area contributed by atoms with Crippen LogP contribution in [0.4, 0.5) is 0 Å². The Kier molecular flexibility index (Phi) is 7.26. The third kappa shape index (κ3) is 4.54. The largest absolute Gasteiger partial charge is 0.492 e. The van der Waals surface area contributed by atoms with Gasteiger partial charge in [-0.05, 0) is 30.2 Å². The molecule has 0 aromatic heterocycles. The van der Waals surface area contributed by atoms with Crippen molar-refractivity contribution in [2.24, 2.45) is 0 Å². The van der Waals surface area contributed by atoms with Gasteiger partial charge in [0.15, 0.2) is 11.5 Å². The van der Waals surface area contributed by atoms with Crippen molar-refractivity contribution < 1.29 is 28.8 Å². The topological polar surface area (TPSA) is 66.4 Å². The summed E-state index contributed by atoms with van der Waals surface area (Å²) in [6.07, 6.45) is -0.996. The lowest BCUT2D eigenvalue weighted by atomic mass is 9.94. The van der Waals surface area contributed by atoms with Crippen LogP contribution in [0.2, 0.25) is 0 Å². The third-order valence-corrected chi connectivity index (χ3v) is 5.12. The van der Waals surface area contributed by atoms with E-state index in [2.05, 4.69) is 0 Å². The summed E-state index contributed by atoms with van der Waals surface area (Å²) in [6, 6.07) is 17.3. The molecule has 0 amide bonds. The van der Waals surface area contributed by atoms with E-state index in [1.807, 2.05) is 61.5 Å². The number of rotatable bonds is 9.